The topological polar surface area (TPSA) is 3.88 Å². The van der Waals surface area contributed by atoms with Crippen molar-refractivity contribution in [3.8, 4) is 0 Å². The number of aromatic nitrogens is 1. The second-order valence-corrected chi connectivity index (χ2v) is 3.25. The van der Waals surface area contributed by atoms with E-state index in [1.54, 1.807) is 0 Å². The highest BCUT2D eigenvalue weighted by molar-refractivity contribution is 6.27. The van der Waals surface area contributed by atoms with Crippen molar-refractivity contribution in [2.75, 3.05) is 5.88 Å². The number of pyridine rings is 1. The maximum atomic E-state index is 5.85. The fourth-order valence-electron chi connectivity index (χ4n) is 0.834. The van der Waals surface area contributed by atoms with Crippen molar-refractivity contribution in [2.24, 2.45) is 0 Å². The molecular formula is C8H10Cl2N+. The Morgan fingerprint density at radius 2 is 1.82 bits per heavy atom. The molecule has 0 aliphatic carbocycles. The predicted octanol–water partition coefficient (Wildman–Crippen LogP) is 1.82. The zero-order valence-electron chi connectivity index (χ0n) is 6.08. The van der Waals surface area contributed by atoms with E-state index in [2.05, 4.69) is 0 Å². The molecule has 0 N–H and O–H groups in total. The van der Waals surface area contributed by atoms with Gasteiger partial charge in [-0.05, 0) is 0 Å². The molecular weight excluding hydrogens is 181 g/mol. The first-order valence-corrected chi connectivity index (χ1v) is 4.44. The Labute approximate surface area is 76.6 Å². The molecule has 1 aromatic heterocycles. The average molecular weight is 191 g/mol. The van der Waals surface area contributed by atoms with Gasteiger partial charge in [0.05, 0.1) is 0 Å². The summed E-state index contributed by atoms with van der Waals surface area (Å²) in [6, 6.07) is 5.91. The maximum absolute atomic E-state index is 5.85. The van der Waals surface area contributed by atoms with Crippen molar-refractivity contribution in [3.05, 3.63) is 30.6 Å². The summed E-state index contributed by atoms with van der Waals surface area (Å²) in [5.41, 5.74) is 0. The van der Waals surface area contributed by atoms with Gasteiger partial charge in [0.2, 0.25) is 0 Å². The number of hydrogen-bond acceptors (Lipinski definition) is 0. The van der Waals surface area contributed by atoms with Crippen LogP contribution in [0.1, 0.15) is 0 Å². The molecule has 3 heteroatoms. The number of halogens is 2. The maximum Gasteiger partial charge on any atom is 0.168 e. The highest BCUT2D eigenvalue weighted by Crippen LogP contribution is 1.97. The fourth-order valence-corrected chi connectivity index (χ4v) is 1.09. The molecule has 1 rings (SSSR count). The lowest BCUT2D eigenvalue weighted by Crippen LogP contribution is -2.37. The molecule has 0 aliphatic heterocycles. The largest absolute Gasteiger partial charge is 0.204 e. The Hall–Kier alpha value is -0.270. The SMILES string of the molecule is ClC[C@@H](Cl)C[n+]1ccccc1. The van der Waals surface area contributed by atoms with Gasteiger partial charge in [0.15, 0.2) is 18.9 Å². The van der Waals surface area contributed by atoms with E-state index in [0.717, 1.165) is 6.54 Å². The molecule has 0 aliphatic rings. The van der Waals surface area contributed by atoms with Crippen LogP contribution in [0.25, 0.3) is 0 Å². The molecule has 0 aromatic carbocycles. The fraction of sp³-hybridized carbons (Fsp3) is 0.375. The van der Waals surface area contributed by atoms with Crippen molar-refractivity contribution in [1.82, 2.24) is 0 Å². The highest BCUT2D eigenvalue weighted by Gasteiger charge is 2.07. The Morgan fingerprint density at radius 3 is 2.36 bits per heavy atom. The molecule has 0 fully saturated rings. The molecule has 0 saturated carbocycles. The molecule has 60 valence electrons. The number of alkyl halides is 2. The molecule has 1 heterocycles. The first-order chi connectivity index (χ1) is 5.33. The Bertz CT molecular complexity index is 201. The smallest absolute Gasteiger partial charge is 0.168 e. The van der Waals surface area contributed by atoms with E-state index < -0.39 is 0 Å². The summed E-state index contributed by atoms with van der Waals surface area (Å²) in [6.07, 6.45) is 3.95. The lowest BCUT2D eigenvalue weighted by molar-refractivity contribution is -0.696. The second-order valence-electron chi connectivity index (χ2n) is 2.32. The normalized spacial score (nSPS) is 12.9. The summed E-state index contributed by atoms with van der Waals surface area (Å²) >= 11 is 11.4. The molecule has 0 radical (unpaired) electrons. The van der Waals surface area contributed by atoms with Gasteiger partial charge in [-0.2, -0.15) is 0 Å². The van der Waals surface area contributed by atoms with E-state index in [9.17, 15) is 0 Å². The average Bonchev–Trinajstić information content (AvgIpc) is 2.06. The minimum absolute atomic E-state index is 0.0177. The summed E-state index contributed by atoms with van der Waals surface area (Å²) in [4.78, 5) is 0. The first kappa shape index (κ1) is 8.82. The lowest BCUT2D eigenvalue weighted by Gasteiger charge is -1.99. The van der Waals surface area contributed by atoms with Gasteiger partial charge in [-0.15, -0.1) is 23.2 Å². The van der Waals surface area contributed by atoms with Crippen LogP contribution < -0.4 is 4.57 Å². The summed E-state index contributed by atoms with van der Waals surface area (Å²) in [5, 5.41) is 0.0177. The van der Waals surface area contributed by atoms with Crippen molar-refractivity contribution in [1.29, 1.82) is 0 Å². The molecule has 1 aromatic rings. The zero-order chi connectivity index (χ0) is 8.10. The van der Waals surface area contributed by atoms with Crippen LogP contribution in [-0.2, 0) is 6.54 Å². The number of hydrogen-bond donors (Lipinski definition) is 0. The van der Waals surface area contributed by atoms with Crippen molar-refractivity contribution >= 4 is 23.2 Å². The van der Waals surface area contributed by atoms with Gasteiger partial charge >= 0.3 is 0 Å². The summed E-state index contributed by atoms with van der Waals surface area (Å²) in [5.74, 6) is 0.490. The van der Waals surface area contributed by atoms with Gasteiger partial charge in [-0.3, -0.25) is 0 Å². The van der Waals surface area contributed by atoms with Crippen molar-refractivity contribution in [3.63, 3.8) is 0 Å². The van der Waals surface area contributed by atoms with Crippen LogP contribution in [0, 0.1) is 0 Å². The quantitative estimate of drug-likeness (QED) is 0.506. The molecule has 0 spiro atoms. The lowest BCUT2D eigenvalue weighted by atomic mass is 10.4. The molecule has 0 bridgehead atoms. The third-order valence-electron chi connectivity index (χ3n) is 1.35. The van der Waals surface area contributed by atoms with Gasteiger partial charge < -0.3 is 0 Å². The van der Waals surface area contributed by atoms with Gasteiger partial charge in [0.1, 0.15) is 5.38 Å². The molecule has 1 nitrogen and oxygen atoms in total. The number of rotatable bonds is 3. The molecule has 11 heavy (non-hydrogen) atoms. The zero-order valence-corrected chi connectivity index (χ0v) is 7.59. The van der Waals surface area contributed by atoms with Crippen LogP contribution >= 0.6 is 23.2 Å². The van der Waals surface area contributed by atoms with Crippen LogP contribution in [0.15, 0.2) is 30.6 Å². The molecule has 0 amide bonds. The first-order valence-electron chi connectivity index (χ1n) is 3.47. The van der Waals surface area contributed by atoms with Crippen molar-refractivity contribution in [2.45, 2.75) is 11.9 Å². The minimum Gasteiger partial charge on any atom is -0.204 e. The predicted molar refractivity (Wildman–Crippen MR) is 47.0 cm³/mol. The van der Waals surface area contributed by atoms with Gasteiger partial charge in [-0.1, -0.05) is 6.07 Å². The van der Waals surface area contributed by atoms with Gasteiger partial charge in [0.25, 0.3) is 0 Å². The van der Waals surface area contributed by atoms with Crippen LogP contribution in [0.3, 0.4) is 0 Å². The van der Waals surface area contributed by atoms with Gasteiger partial charge in [-0.25, -0.2) is 4.57 Å². The van der Waals surface area contributed by atoms with Crippen molar-refractivity contribution < 1.29 is 4.57 Å². The monoisotopic (exact) mass is 190 g/mol. The second kappa shape index (κ2) is 4.58. The van der Waals surface area contributed by atoms with E-state index in [0.29, 0.717) is 5.88 Å². The molecule has 0 unspecified atom stereocenters. The van der Waals surface area contributed by atoms with Gasteiger partial charge in [0, 0.05) is 18.0 Å². The van der Waals surface area contributed by atoms with E-state index in [1.165, 1.54) is 0 Å². The Balaban J connectivity index is 2.51. The van der Waals surface area contributed by atoms with E-state index in [-0.39, 0.29) is 5.38 Å². The van der Waals surface area contributed by atoms with Crippen LogP contribution in [-0.4, -0.2) is 11.3 Å². The standard InChI is InChI=1S/C8H10Cl2N/c9-6-8(10)7-11-4-2-1-3-5-11/h1-5,8H,6-7H2/q+1/t8-/m1/s1. The summed E-state index contributed by atoms with van der Waals surface area (Å²) in [7, 11) is 0. The third kappa shape index (κ3) is 3.08. The van der Waals surface area contributed by atoms with Crippen LogP contribution in [0.4, 0.5) is 0 Å². The van der Waals surface area contributed by atoms with E-state index >= 15 is 0 Å². The van der Waals surface area contributed by atoms with Crippen LogP contribution in [0.2, 0.25) is 0 Å². The summed E-state index contributed by atoms with van der Waals surface area (Å²) < 4.78 is 2.01. The third-order valence-corrected chi connectivity index (χ3v) is 2.18. The van der Waals surface area contributed by atoms with E-state index in [4.69, 9.17) is 23.2 Å². The molecule has 0 saturated heterocycles. The Kier molecular flexibility index (Phi) is 3.67. The molecule has 1 atom stereocenters. The van der Waals surface area contributed by atoms with E-state index in [1.807, 2.05) is 35.2 Å². The van der Waals surface area contributed by atoms with Crippen LogP contribution in [0.5, 0.6) is 0 Å². The Morgan fingerprint density at radius 1 is 1.18 bits per heavy atom. The number of nitrogens with zero attached hydrogens (tertiary/aromatic N) is 1. The summed E-state index contributed by atoms with van der Waals surface area (Å²) in [6.45, 7) is 0.770. The highest BCUT2D eigenvalue weighted by atomic mass is 35.5. The minimum atomic E-state index is 0.0177.